The van der Waals surface area contributed by atoms with Gasteiger partial charge in [0.1, 0.15) is 36.9 Å². The quantitative estimate of drug-likeness (QED) is 0.678. The molecule has 20 heavy (non-hydrogen) atoms. The normalized spacial score (nSPS) is 18.4. The fourth-order valence-corrected chi connectivity index (χ4v) is 1.87. The van der Waals surface area contributed by atoms with Gasteiger partial charge in [-0.15, -0.1) is 0 Å². The number of rotatable bonds is 8. The topological polar surface area (TPSA) is 77.4 Å². The number of ether oxygens (including phenoxy) is 4. The molecule has 6 heteroatoms. The van der Waals surface area contributed by atoms with E-state index in [1.807, 2.05) is 0 Å². The molecular weight excluding hydrogens is 264 g/mol. The van der Waals surface area contributed by atoms with Crippen molar-refractivity contribution in [3.8, 4) is 11.5 Å². The molecule has 1 aromatic carbocycles. The van der Waals surface area contributed by atoms with Crippen LogP contribution >= 0.6 is 0 Å². The van der Waals surface area contributed by atoms with Gasteiger partial charge in [-0.1, -0.05) is 0 Å². The molecule has 0 radical (unpaired) electrons. The molecule has 0 fully saturated rings. The van der Waals surface area contributed by atoms with E-state index in [-0.39, 0.29) is 19.8 Å². The van der Waals surface area contributed by atoms with Crippen LogP contribution in [0.1, 0.15) is 11.7 Å². The number of benzene rings is 1. The molecule has 1 aliphatic rings. The van der Waals surface area contributed by atoms with Crippen molar-refractivity contribution in [3.63, 3.8) is 0 Å². The Morgan fingerprint density at radius 2 is 2.20 bits per heavy atom. The average Bonchev–Trinajstić information content (AvgIpc) is 2.82. The van der Waals surface area contributed by atoms with Gasteiger partial charge in [0, 0.05) is 18.7 Å². The minimum Gasteiger partial charge on any atom is -0.491 e. The smallest absolute Gasteiger partial charge is 0.129 e. The Bertz CT molecular complexity index is 422. The van der Waals surface area contributed by atoms with Crippen LogP contribution in [0.15, 0.2) is 18.2 Å². The second-order valence-corrected chi connectivity index (χ2v) is 4.56. The predicted molar refractivity (Wildman–Crippen MR) is 71.1 cm³/mol. The third-order valence-electron chi connectivity index (χ3n) is 2.93. The second-order valence-electron chi connectivity index (χ2n) is 4.56. The van der Waals surface area contributed by atoms with Crippen molar-refractivity contribution in [2.45, 2.75) is 12.2 Å². The Morgan fingerprint density at radius 1 is 1.35 bits per heavy atom. The summed E-state index contributed by atoms with van der Waals surface area (Å²) in [5, 5.41) is 19.3. The molecule has 0 bridgehead atoms. The highest BCUT2D eigenvalue weighted by atomic mass is 16.5. The predicted octanol–water partition coefficient (Wildman–Crippen LogP) is 0.515. The Balaban J connectivity index is 1.74. The Labute approximate surface area is 117 Å². The number of aliphatic hydroxyl groups excluding tert-OH is 2. The standard InChI is InChI=1S/C14H20O6/c1-17-4-5-18-7-10(15)8-19-11-2-3-12-13(16)9-20-14(12)6-11/h2-3,6,10,13,15-16H,4-5,7-9H2,1H3. The first-order chi connectivity index (χ1) is 9.70. The van der Waals surface area contributed by atoms with Gasteiger partial charge in [-0.25, -0.2) is 0 Å². The van der Waals surface area contributed by atoms with E-state index in [9.17, 15) is 10.2 Å². The summed E-state index contributed by atoms with van der Waals surface area (Å²) in [4.78, 5) is 0. The van der Waals surface area contributed by atoms with Crippen molar-refractivity contribution in [1.82, 2.24) is 0 Å². The zero-order chi connectivity index (χ0) is 14.4. The maximum absolute atomic E-state index is 9.68. The fraction of sp³-hybridized carbons (Fsp3) is 0.571. The molecule has 2 rings (SSSR count). The van der Waals surface area contributed by atoms with Crippen LogP contribution in [0, 0.1) is 0 Å². The van der Waals surface area contributed by atoms with E-state index in [0.717, 1.165) is 5.56 Å². The molecule has 0 saturated carbocycles. The van der Waals surface area contributed by atoms with Crippen LogP contribution in [-0.4, -0.2) is 56.5 Å². The molecule has 2 unspecified atom stereocenters. The minimum atomic E-state index is -0.702. The summed E-state index contributed by atoms with van der Waals surface area (Å²) in [6.07, 6.45) is -1.27. The van der Waals surface area contributed by atoms with E-state index in [2.05, 4.69) is 0 Å². The molecule has 6 nitrogen and oxygen atoms in total. The Morgan fingerprint density at radius 3 is 3.00 bits per heavy atom. The third kappa shape index (κ3) is 4.08. The Hall–Kier alpha value is -1.34. The maximum atomic E-state index is 9.68. The van der Waals surface area contributed by atoms with Gasteiger partial charge in [0.05, 0.1) is 19.8 Å². The van der Waals surface area contributed by atoms with Crippen LogP contribution in [-0.2, 0) is 9.47 Å². The SMILES string of the molecule is COCCOCC(O)COc1ccc2c(c1)OCC2O. The molecule has 0 spiro atoms. The Kier molecular flexibility index (Phi) is 5.60. The van der Waals surface area contributed by atoms with Crippen LogP contribution in [0.2, 0.25) is 0 Å². The largest absolute Gasteiger partial charge is 0.491 e. The molecule has 1 aromatic rings. The van der Waals surface area contributed by atoms with Crippen molar-refractivity contribution in [3.05, 3.63) is 23.8 Å². The van der Waals surface area contributed by atoms with Crippen molar-refractivity contribution < 1.29 is 29.2 Å². The fourth-order valence-electron chi connectivity index (χ4n) is 1.87. The number of hydrogen-bond acceptors (Lipinski definition) is 6. The summed E-state index contributed by atoms with van der Waals surface area (Å²) in [7, 11) is 1.59. The lowest BCUT2D eigenvalue weighted by molar-refractivity contribution is -0.00421. The molecular formula is C14H20O6. The van der Waals surface area contributed by atoms with Gasteiger partial charge in [-0.2, -0.15) is 0 Å². The highest BCUT2D eigenvalue weighted by molar-refractivity contribution is 5.44. The number of fused-ring (bicyclic) bond motifs is 1. The molecule has 0 aromatic heterocycles. The minimum absolute atomic E-state index is 0.133. The molecule has 0 aliphatic carbocycles. The van der Waals surface area contributed by atoms with E-state index in [4.69, 9.17) is 18.9 Å². The van der Waals surface area contributed by atoms with Gasteiger partial charge in [-0.3, -0.25) is 0 Å². The molecule has 1 heterocycles. The zero-order valence-corrected chi connectivity index (χ0v) is 11.4. The van der Waals surface area contributed by atoms with Crippen molar-refractivity contribution in [1.29, 1.82) is 0 Å². The maximum Gasteiger partial charge on any atom is 0.129 e. The second kappa shape index (κ2) is 7.44. The summed E-state index contributed by atoms with van der Waals surface area (Å²) in [6.45, 7) is 1.54. The van der Waals surface area contributed by atoms with Crippen LogP contribution in [0.25, 0.3) is 0 Å². The molecule has 2 N–H and O–H groups in total. The number of aliphatic hydroxyl groups is 2. The molecule has 1 aliphatic heterocycles. The van der Waals surface area contributed by atoms with E-state index in [1.165, 1.54) is 0 Å². The third-order valence-corrected chi connectivity index (χ3v) is 2.93. The van der Waals surface area contributed by atoms with Gasteiger partial charge in [-0.05, 0) is 12.1 Å². The van der Waals surface area contributed by atoms with Gasteiger partial charge in [0.2, 0.25) is 0 Å². The first-order valence-corrected chi connectivity index (χ1v) is 6.53. The number of methoxy groups -OCH3 is 1. The summed E-state index contributed by atoms with van der Waals surface area (Å²) >= 11 is 0. The van der Waals surface area contributed by atoms with Gasteiger partial charge in [0.25, 0.3) is 0 Å². The highest BCUT2D eigenvalue weighted by Crippen LogP contribution is 2.34. The van der Waals surface area contributed by atoms with E-state index in [1.54, 1.807) is 25.3 Å². The summed E-state index contributed by atoms with van der Waals surface area (Å²) in [5.41, 5.74) is 0.765. The summed E-state index contributed by atoms with van der Waals surface area (Å²) in [5.74, 6) is 1.22. The van der Waals surface area contributed by atoms with Gasteiger partial charge in [0.15, 0.2) is 0 Å². The number of hydrogen-bond donors (Lipinski definition) is 2. The molecule has 2 atom stereocenters. The van der Waals surface area contributed by atoms with E-state index < -0.39 is 12.2 Å². The van der Waals surface area contributed by atoms with Crippen LogP contribution in [0.4, 0.5) is 0 Å². The summed E-state index contributed by atoms with van der Waals surface area (Å²) < 4.78 is 20.8. The van der Waals surface area contributed by atoms with Crippen molar-refractivity contribution >= 4 is 0 Å². The lowest BCUT2D eigenvalue weighted by Crippen LogP contribution is -2.24. The van der Waals surface area contributed by atoms with Crippen LogP contribution in [0.5, 0.6) is 11.5 Å². The molecule has 0 amide bonds. The van der Waals surface area contributed by atoms with Crippen LogP contribution in [0.3, 0.4) is 0 Å². The molecule has 0 saturated heterocycles. The summed E-state index contributed by atoms with van der Waals surface area (Å²) in [6, 6.07) is 5.23. The zero-order valence-electron chi connectivity index (χ0n) is 11.4. The average molecular weight is 284 g/mol. The first-order valence-electron chi connectivity index (χ1n) is 6.53. The lowest BCUT2D eigenvalue weighted by atomic mass is 10.1. The van der Waals surface area contributed by atoms with Crippen LogP contribution < -0.4 is 9.47 Å². The van der Waals surface area contributed by atoms with Crippen molar-refractivity contribution in [2.24, 2.45) is 0 Å². The first kappa shape index (κ1) is 15.1. The van der Waals surface area contributed by atoms with Crippen molar-refractivity contribution in [2.75, 3.05) is 40.1 Å². The van der Waals surface area contributed by atoms with Gasteiger partial charge < -0.3 is 29.2 Å². The molecule has 112 valence electrons. The van der Waals surface area contributed by atoms with E-state index >= 15 is 0 Å². The van der Waals surface area contributed by atoms with E-state index in [0.29, 0.717) is 24.7 Å². The lowest BCUT2D eigenvalue weighted by Gasteiger charge is -2.13. The monoisotopic (exact) mass is 284 g/mol. The van der Waals surface area contributed by atoms with Gasteiger partial charge >= 0.3 is 0 Å². The highest BCUT2D eigenvalue weighted by Gasteiger charge is 2.22.